The van der Waals surface area contributed by atoms with Crippen LogP contribution < -0.4 is 16.2 Å². The number of aromatic nitrogens is 3. The van der Waals surface area contributed by atoms with Gasteiger partial charge in [-0.1, -0.05) is 154 Å². The highest BCUT2D eigenvalue weighted by molar-refractivity contribution is 6.74. The summed E-state index contributed by atoms with van der Waals surface area (Å²) in [6, 6.07) is 62.7. The van der Waals surface area contributed by atoms with Crippen molar-refractivity contribution >= 4 is 62.4 Å². The van der Waals surface area contributed by atoms with Crippen molar-refractivity contribution in [2.24, 2.45) is 7.05 Å². The fourth-order valence-electron chi connectivity index (χ4n) is 10.9. The van der Waals surface area contributed by atoms with Crippen molar-refractivity contribution in [1.29, 1.82) is 0 Å². The zero-order valence-corrected chi connectivity index (χ0v) is 36.6. The van der Waals surface area contributed by atoms with Gasteiger partial charge in [-0.2, -0.15) is 0 Å². The Labute approximate surface area is 370 Å². The van der Waals surface area contributed by atoms with Gasteiger partial charge >= 0.3 is 0 Å². The SMILES string of the molecule is Cn1c(-c2ccccc2)nc2cc3c(cc21)-n1c2ccc(-c4ccccc4)cc2c2c(-c4ccccc4)cc(-c4ccccc4Nc4ccc5c(c4)C(C)(C)CCC5(C)C)c(c21)B3. The van der Waals surface area contributed by atoms with Crippen LogP contribution >= 0.6 is 0 Å². The van der Waals surface area contributed by atoms with Crippen LogP contribution in [-0.2, 0) is 17.9 Å². The molecule has 0 bridgehead atoms. The topological polar surface area (TPSA) is 34.8 Å². The van der Waals surface area contributed by atoms with Crippen LogP contribution in [0.5, 0.6) is 0 Å². The molecule has 4 nitrogen and oxygen atoms in total. The molecule has 0 unspecified atom stereocenters. The van der Waals surface area contributed by atoms with Gasteiger partial charge in [0.25, 0.3) is 0 Å². The molecule has 5 heteroatoms. The van der Waals surface area contributed by atoms with E-state index in [0.29, 0.717) is 0 Å². The van der Waals surface area contributed by atoms with Crippen molar-refractivity contribution in [1.82, 2.24) is 14.1 Å². The molecule has 0 amide bonds. The Morgan fingerprint density at radius 2 is 1.22 bits per heavy atom. The smallest absolute Gasteiger partial charge is 0.198 e. The molecule has 12 rings (SSSR count). The summed E-state index contributed by atoms with van der Waals surface area (Å²) >= 11 is 0. The van der Waals surface area contributed by atoms with Crippen LogP contribution in [0.25, 0.3) is 83.3 Å². The van der Waals surface area contributed by atoms with E-state index in [4.69, 9.17) is 4.98 Å². The molecule has 0 atom stereocenters. The van der Waals surface area contributed by atoms with E-state index >= 15 is 0 Å². The molecule has 1 N–H and O–H groups in total. The van der Waals surface area contributed by atoms with E-state index in [0.717, 1.165) is 41.1 Å². The standard InChI is InChI=1S/C58H49BN4/c1-57(2)29-30-58(3,4)46-32-40(26-27-45(46)57)60-48-24-16-15-23-41(48)43-33-42(37-19-11-7-12-20-37)53-44-31-39(36-17-9-6-10-18-36)25-28-50(44)63-51-35-52-49(34-47(51)59-54(43)55(53)63)61-56(62(52)5)38-21-13-8-14-22-38/h6-28,31-35,59-60H,29-30H2,1-5H3. The summed E-state index contributed by atoms with van der Waals surface area (Å²) in [5, 5.41) is 6.52. The van der Waals surface area contributed by atoms with Crippen LogP contribution in [0.15, 0.2) is 170 Å². The number of rotatable bonds is 6. The van der Waals surface area contributed by atoms with Crippen molar-refractivity contribution in [2.45, 2.75) is 51.4 Å². The molecule has 0 radical (unpaired) electrons. The summed E-state index contributed by atoms with van der Waals surface area (Å²) in [6.07, 6.45) is 2.38. The summed E-state index contributed by atoms with van der Waals surface area (Å²) in [4.78, 5) is 5.28. The average Bonchev–Trinajstić information content (AvgIpc) is 3.83. The number of benzene rings is 8. The van der Waals surface area contributed by atoms with Gasteiger partial charge < -0.3 is 14.5 Å². The first-order valence-electron chi connectivity index (χ1n) is 22.4. The number of aryl methyl sites for hydroxylation is 1. The molecule has 304 valence electrons. The van der Waals surface area contributed by atoms with Gasteiger partial charge in [-0.25, -0.2) is 4.98 Å². The molecule has 63 heavy (non-hydrogen) atoms. The average molecular weight is 813 g/mol. The van der Waals surface area contributed by atoms with E-state index < -0.39 is 0 Å². The van der Waals surface area contributed by atoms with E-state index in [1.807, 2.05) is 0 Å². The van der Waals surface area contributed by atoms with Crippen LogP contribution in [0.3, 0.4) is 0 Å². The fraction of sp³-hybridized carbons (Fsp3) is 0.155. The van der Waals surface area contributed by atoms with Crippen LogP contribution in [0.2, 0.25) is 0 Å². The maximum absolute atomic E-state index is 5.28. The Morgan fingerprint density at radius 3 is 1.97 bits per heavy atom. The largest absolute Gasteiger partial charge is 0.355 e. The van der Waals surface area contributed by atoms with Crippen molar-refractivity contribution in [3.05, 3.63) is 181 Å². The summed E-state index contributed by atoms with van der Waals surface area (Å²) in [6.45, 7) is 9.61. The number of nitrogens with zero attached hydrogens (tertiary/aromatic N) is 3. The molecule has 1 aliphatic carbocycles. The number of fused-ring (bicyclic) bond motifs is 7. The van der Waals surface area contributed by atoms with Gasteiger partial charge in [0.05, 0.1) is 16.6 Å². The number of anilines is 2. The predicted molar refractivity (Wildman–Crippen MR) is 268 cm³/mol. The molecule has 0 saturated carbocycles. The second-order valence-corrected chi connectivity index (χ2v) is 19.2. The van der Waals surface area contributed by atoms with Crippen LogP contribution in [0.1, 0.15) is 51.7 Å². The van der Waals surface area contributed by atoms with E-state index in [2.05, 4.69) is 219 Å². The maximum atomic E-state index is 5.28. The second kappa shape index (κ2) is 14.0. The summed E-state index contributed by atoms with van der Waals surface area (Å²) < 4.78 is 4.83. The summed E-state index contributed by atoms with van der Waals surface area (Å²) in [7, 11) is 2.93. The summed E-state index contributed by atoms with van der Waals surface area (Å²) in [5.41, 5.74) is 22.3. The van der Waals surface area contributed by atoms with E-state index in [1.165, 1.54) is 95.8 Å². The van der Waals surface area contributed by atoms with Crippen molar-refractivity contribution in [3.8, 4) is 50.5 Å². The van der Waals surface area contributed by atoms with E-state index in [9.17, 15) is 0 Å². The Hall–Kier alpha value is -7.11. The Bertz CT molecular complexity index is 3450. The quantitative estimate of drug-likeness (QED) is 0.170. The molecule has 10 aromatic rings. The monoisotopic (exact) mass is 812 g/mol. The van der Waals surface area contributed by atoms with Gasteiger partial charge in [0.2, 0.25) is 0 Å². The number of hydrogen-bond acceptors (Lipinski definition) is 2. The summed E-state index contributed by atoms with van der Waals surface area (Å²) in [5.74, 6) is 0.974. The highest BCUT2D eigenvalue weighted by Crippen LogP contribution is 2.48. The Kier molecular flexibility index (Phi) is 8.34. The lowest BCUT2D eigenvalue weighted by Gasteiger charge is -2.42. The lowest BCUT2D eigenvalue weighted by atomic mass is 9.58. The molecule has 3 heterocycles. The van der Waals surface area contributed by atoms with Crippen LogP contribution in [0, 0.1) is 0 Å². The van der Waals surface area contributed by atoms with Crippen molar-refractivity contribution in [3.63, 3.8) is 0 Å². The third-order valence-electron chi connectivity index (χ3n) is 14.4. The highest BCUT2D eigenvalue weighted by atomic mass is 15.1. The van der Waals surface area contributed by atoms with E-state index in [-0.39, 0.29) is 10.8 Å². The maximum Gasteiger partial charge on any atom is 0.198 e. The number of para-hydroxylation sites is 1. The minimum atomic E-state index is 0.115. The van der Waals surface area contributed by atoms with E-state index in [1.54, 1.807) is 0 Å². The number of imidazole rings is 1. The third kappa shape index (κ3) is 5.93. The van der Waals surface area contributed by atoms with Crippen LogP contribution in [-0.4, -0.2) is 21.4 Å². The van der Waals surface area contributed by atoms with Crippen molar-refractivity contribution in [2.75, 3.05) is 5.32 Å². The Balaban J connectivity index is 1.13. The van der Waals surface area contributed by atoms with Gasteiger partial charge in [-0.15, -0.1) is 0 Å². The zero-order valence-electron chi connectivity index (χ0n) is 36.6. The molecular formula is C58H49BN4. The highest BCUT2D eigenvalue weighted by Gasteiger charge is 2.37. The molecular weight excluding hydrogens is 763 g/mol. The van der Waals surface area contributed by atoms with Gasteiger partial charge in [0.1, 0.15) is 5.82 Å². The molecule has 0 fully saturated rings. The number of nitrogens with one attached hydrogen (secondary N) is 1. The molecule has 0 spiro atoms. The molecule has 8 aromatic carbocycles. The molecule has 2 aromatic heterocycles. The first-order valence-corrected chi connectivity index (χ1v) is 22.4. The fourth-order valence-corrected chi connectivity index (χ4v) is 10.9. The lowest BCUT2D eigenvalue weighted by Crippen LogP contribution is -2.37. The first-order chi connectivity index (χ1) is 30.6. The molecule has 2 aliphatic rings. The Morgan fingerprint density at radius 1 is 0.556 bits per heavy atom. The van der Waals surface area contributed by atoms with Gasteiger partial charge in [-0.05, 0) is 117 Å². The van der Waals surface area contributed by atoms with Crippen LogP contribution in [0.4, 0.5) is 11.4 Å². The lowest BCUT2D eigenvalue weighted by molar-refractivity contribution is 0.332. The van der Waals surface area contributed by atoms with Crippen molar-refractivity contribution < 1.29 is 0 Å². The third-order valence-corrected chi connectivity index (χ3v) is 14.4. The minimum Gasteiger partial charge on any atom is -0.355 e. The van der Waals surface area contributed by atoms with Gasteiger partial charge in [0, 0.05) is 51.5 Å². The second-order valence-electron chi connectivity index (χ2n) is 19.2. The van der Waals surface area contributed by atoms with Gasteiger partial charge in [-0.3, -0.25) is 0 Å². The predicted octanol–water partition coefficient (Wildman–Crippen LogP) is 13.1. The molecule has 1 aliphatic heterocycles. The first kappa shape index (κ1) is 37.6. The van der Waals surface area contributed by atoms with Gasteiger partial charge in [0.15, 0.2) is 7.28 Å². The molecule has 0 saturated heterocycles. The number of hydrogen-bond donors (Lipinski definition) is 1. The normalized spacial score (nSPS) is 14.7. The minimum absolute atomic E-state index is 0.115. The zero-order chi connectivity index (χ0) is 42.6.